The standard InChI is InChI=1S/C15H23NO4/c1-15(2,3)13(7-8-17)16-14(19)11-9-10(20-4)5-6-12(11)18/h5-6,9,13,17-18H,7-8H2,1-4H3,(H,16,19). The Balaban J connectivity index is 2.94. The third kappa shape index (κ3) is 4.13. The van der Waals surface area contributed by atoms with Gasteiger partial charge in [0.2, 0.25) is 0 Å². The van der Waals surface area contributed by atoms with Gasteiger partial charge in [-0.3, -0.25) is 4.79 Å². The summed E-state index contributed by atoms with van der Waals surface area (Å²) in [6.45, 7) is 5.95. The minimum absolute atomic E-state index is 0.00763. The van der Waals surface area contributed by atoms with Crippen LogP contribution in [0.4, 0.5) is 0 Å². The first-order valence-electron chi connectivity index (χ1n) is 6.58. The molecule has 5 heteroatoms. The number of hydrogen-bond donors (Lipinski definition) is 3. The fourth-order valence-corrected chi connectivity index (χ4v) is 1.91. The summed E-state index contributed by atoms with van der Waals surface area (Å²) in [5.74, 6) is 0.0251. The van der Waals surface area contributed by atoms with E-state index in [-0.39, 0.29) is 35.3 Å². The van der Waals surface area contributed by atoms with Crippen molar-refractivity contribution in [1.29, 1.82) is 0 Å². The van der Waals surface area contributed by atoms with Gasteiger partial charge in [-0.2, -0.15) is 0 Å². The Bertz CT molecular complexity index is 465. The number of benzene rings is 1. The number of nitrogens with one attached hydrogen (secondary N) is 1. The second-order valence-electron chi connectivity index (χ2n) is 5.79. The Morgan fingerprint density at radius 2 is 2.05 bits per heavy atom. The Hall–Kier alpha value is -1.75. The third-order valence-corrected chi connectivity index (χ3v) is 3.22. The third-order valence-electron chi connectivity index (χ3n) is 3.22. The van der Waals surface area contributed by atoms with Gasteiger partial charge >= 0.3 is 0 Å². The lowest BCUT2D eigenvalue weighted by Gasteiger charge is -2.31. The van der Waals surface area contributed by atoms with Gasteiger partial charge in [0.1, 0.15) is 11.5 Å². The maximum Gasteiger partial charge on any atom is 0.255 e. The van der Waals surface area contributed by atoms with Crippen LogP contribution < -0.4 is 10.1 Å². The van der Waals surface area contributed by atoms with Gasteiger partial charge in [0, 0.05) is 12.6 Å². The van der Waals surface area contributed by atoms with Crippen molar-refractivity contribution >= 4 is 5.91 Å². The van der Waals surface area contributed by atoms with Crippen LogP contribution in [0, 0.1) is 5.41 Å². The van der Waals surface area contributed by atoms with Gasteiger partial charge in [-0.05, 0) is 30.0 Å². The molecule has 0 bridgehead atoms. The molecule has 0 radical (unpaired) electrons. The summed E-state index contributed by atoms with van der Waals surface area (Å²) >= 11 is 0. The maximum atomic E-state index is 12.3. The van der Waals surface area contributed by atoms with Crippen LogP contribution in [0.15, 0.2) is 18.2 Å². The van der Waals surface area contributed by atoms with Crippen LogP contribution in [0.1, 0.15) is 37.6 Å². The Labute approximate surface area is 119 Å². The largest absolute Gasteiger partial charge is 0.507 e. The number of aliphatic hydroxyl groups excluding tert-OH is 1. The van der Waals surface area contributed by atoms with Crippen molar-refractivity contribution in [1.82, 2.24) is 5.32 Å². The molecule has 3 N–H and O–H groups in total. The molecule has 1 rings (SSSR count). The van der Waals surface area contributed by atoms with E-state index < -0.39 is 0 Å². The van der Waals surface area contributed by atoms with Crippen LogP contribution in [0.3, 0.4) is 0 Å². The first-order valence-corrected chi connectivity index (χ1v) is 6.58. The number of rotatable bonds is 5. The van der Waals surface area contributed by atoms with Crippen LogP contribution >= 0.6 is 0 Å². The lowest BCUT2D eigenvalue weighted by atomic mass is 9.84. The normalized spacial score (nSPS) is 12.8. The molecule has 1 amide bonds. The van der Waals surface area contributed by atoms with Crippen LogP contribution in [-0.4, -0.2) is 35.9 Å². The molecule has 0 aromatic heterocycles. The van der Waals surface area contributed by atoms with Gasteiger partial charge in [0.25, 0.3) is 5.91 Å². The van der Waals surface area contributed by atoms with E-state index >= 15 is 0 Å². The Kier molecular flexibility index (Phi) is 5.39. The van der Waals surface area contributed by atoms with Crippen LogP contribution in [0.25, 0.3) is 0 Å². The summed E-state index contributed by atoms with van der Waals surface area (Å²) < 4.78 is 5.05. The van der Waals surface area contributed by atoms with Crippen molar-refractivity contribution in [2.45, 2.75) is 33.2 Å². The maximum absolute atomic E-state index is 12.3. The van der Waals surface area contributed by atoms with Crippen LogP contribution in [0.2, 0.25) is 0 Å². The first-order chi connectivity index (χ1) is 9.29. The molecule has 1 aromatic carbocycles. The number of carbonyl (C=O) groups is 1. The molecule has 0 aliphatic rings. The Morgan fingerprint density at radius 1 is 1.40 bits per heavy atom. The topological polar surface area (TPSA) is 78.8 Å². The highest BCUT2D eigenvalue weighted by Crippen LogP contribution is 2.25. The second kappa shape index (κ2) is 6.61. The molecule has 0 saturated heterocycles. The zero-order chi connectivity index (χ0) is 15.3. The van der Waals surface area contributed by atoms with Gasteiger partial charge < -0.3 is 20.3 Å². The quantitative estimate of drug-likeness (QED) is 0.770. The highest BCUT2D eigenvalue weighted by atomic mass is 16.5. The summed E-state index contributed by atoms with van der Waals surface area (Å²) in [7, 11) is 1.50. The monoisotopic (exact) mass is 281 g/mol. The molecule has 0 saturated carbocycles. The molecule has 112 valence electrons. The number of carbonyl (C=O) groups excluding carboxylic acids is 1. The van der Waals surface area contributed by atoms with Crippen molar-refractivity contribution in [2.24, 2.45) is 5.41 Å². The zero-order valence-electron chi connectivity index (χ0n) is 12.4. The Morgan fingerprint density at radius 3 is 2.55 bits per heavy atom. The number of hydrogen-bond acceptors (Lipinski definition) is 4. The number of amides is 1. The predicted molar refractivity (Wildman–Crippen MR) is 77.1 cm³/mol. The highest BCUT2D eigenvalue weighted by molar-refractivity contribution is 5.97. The summed E-state index contributed by atoms with van der Waals surface area (Å²) in [5, 5.41) is 21.7. The number of phenols is 1. The summed E-state index contributed by atoms with van der Waals surface area (Å²) in [6, 6.07) is 4.31. The molecular weight excluding hydrogens is 258 g/mol. The lowest BCUT2D eigenvalue weighted by molar-refractivity contribution is 0.0882. The molecule has 0 spiro atoms. The van der Waals surface area contributed by atoms with Crippen molar-refractivity contribution in [3.05, 3.63) is 23.8 Å². The van der Waals surface area contributed by atoms with E-state index in [0.29, 0.717) is 12.2 Å². The summed E-state index contributed by atoms with van der Waals surface area (Å²) in [4.78, 5) is 12.3. The van der Waals surface area contributed by atoms with Crippen LogP contribution in [-0.2, 0) is 0 Å². The molecular formula is C15H23NO4. The fourth-order valence-electron chi connectivity index (χ4n) is 1.91. The van der Waals surface area contributed by atoms with Gasteiger partial charge in [-0.15, -0.1) is 0 Å². The number of aliphatic hydroxyl groups is 1. The second-order valence-corrected chi connectivity index (χ2v) is 5.79. The van der Waals surface area contributed by atoms with Gasteiger partial charge in [-0.1, -0.05) is 20.8 Å². The SMILES string of the molecule is COc1ccc(O)c(C(=O)NC(CCO)C(C)(C)C)c1. The average Bonchev–Trinajstić information content (AvgIpc) is 2.37. The number of phenolic OH excluding ortho intramolecular Hbond substituents is 1. The summed E-state index contributed by atoms with van der Waals surface area (Å²) in [5.41, 5.74) is -0.0242. The lowest BCUT2D eigenvalue weighted by Crippen LogP contribution is -2.44. The molecule has 1 unspecified atom stereocenters. The average molecular weight is 281 g/mol. The van der Waals surface area contributed by atoms with E-state index in [1.807, 2.05) is 20.8 Å². The summed E-state index contributed by atoms with van der Waals surface area (Å²) in [6.07, 6.45) is 0.458. The van der Waals surface area contributed by atoms with Crippen molar-refractivity contribution < 1.29 is 19.7 Å². The van der Waals surface area contributed by atoms with Gasteiger partial charge in [0.05, 0.1) is 12.7 Å². The van der Waals surface area contributed by atoms with E-state index in [9.17, 15) is 9.90 Å². The van der Waals surface area contributed by atoms with Crippen molar-refractivity contribution in [3.63, 3.8) is 0 Å². The molecule has 1 atom stereocenters. The molecule has 5 nitrogen and oxygen atoms in total. The van der Waals surface area contributed by atoms with Crippen molar-refractivity contribution in [3.8, 4) is 11.5 Å². The molecule has 1 aromatic rings. The number of ether oxygens (including phenoxy) is 1. The number of aromatic hydroxyl groups is 1. The number of methoxy groups -OCH3 is 1. The van der Waals surface area contributed by atoms with Crippen molar-refractivity contribution in [2.75, 3.05) is 13.7 Å². The smallest absolute Gasteiger partial charge is 0.255 e. The molecule has 0 aliphatic carbocycles. The highest BCUT2D eigenvalue weighted by Gasteiger charge is 2.27. The van der Waals surface area contributed by atoms with E-state index in [0.717, 1.165) is 0 Å². The molecule has 0 aliphatic heterocycles. The zero-order valence-corrected chi connectivity index (χ0v) is 12.4. The minimum atomic E-state index is -0.380. The molecule has 0 fully saturated rings. The molecule has 0 heterocycles. The van der Waals surface area contributed by atoms with Gasteiger partial charge in [0.15, 0.2) is 0 Å². The van der Waals surface area contributed by atoms with Crippen LogP contribution in [0.5, 0.6) is 11.5 Å². The van der Waals surface area contributed by atoms with E-state index in [1.165, 1.54) is 19.2 Å². The predicted octanol–water partition coefficient (Wildman–Crippen LogP) is 1.93. The van der Waals surface area contributed by atoms with E-state index in [2.05, 4.69) is 5.32 Å². The fraction of sp³-hybridized carbons (Fsp3) is 0.533. The molecule has 20 heavy (non-hydrogen) atoms. The first kappa shape index (κ1) is 16.3. The van der Waals surface area contributed by atoms with E-state index in [4.69, 9.17) is 9.84 Å². The van der Waals surface area contributed by atoms with E-state index in [1.54, 1.807) is 6.07 Å². The minimum Gasteiger partial charge on any atom is -0.507 e. The van der Waals surface area contributed by atoms with Gasteiger partial charge in [-0.25, -0.2) is 0 Å².